The van der Waals surface area contributed by atoms with Gasteiger partial charge in [0.25, 0.3) is 0 Å². The molecule has 1 N–H and O–H groups in total. The van der Waals surface area contributed by atoms with E-state index in [9.17, 15) is 0 Å². The van der Waals surface area contributed by atoms with Crippen LogP contribution < -0.4 is 5.32 Å². The zero-order valence-corrected chi connectivity index (χ0v) is 11.5. The van der Waals surface area contributed by atoms with Crippen molar-refractivity contribution in [3.8, 4) is 0 Å². The molecule has 18 heavy (non-hydrogen) atoms. The van der Waals surface area contributed by atoms with Crippen molar-refractivity contribution in [2.75, 3.05) is 19.0 Å². The fraction of sp³-hybridized carbons (Fsp3) is 0.692. The van der Waals surface area contributed by atoms with Crippen LogP contribution in [0.5, 0.6) is 0 Å². The van der Waals surface area contributed by atoms with E-state index in [0.29, 0.717) is 17.6 Å². The van der Waals surface area contributed by atoms with Crippen LogP contribution in [-0.4, -0.2) is 23.6 Å². The minimum atomic E-state index is 0.387. The molecule has 0 unspecified atom stereocenters. The lowest BCUT2D eigenvalue weighted by Gasteiger charge is -2.11. The first-order valence-corrected chi connectivity index (χ1v) is 6.92. The third-order valence-corrected chi connectivity index (χ3v) is 3.54. The van der Waals surface area contributed by atoms with E-state index in [-0.39, 0.29) is 0 Å². The van der Waals surface area contributed by atoms with Crippen LogP contribution in [0, 0.1) is 5.92 Å². The first kappa shape index (κ1) is 13.6. The van der Waals surface area contributed by atoms with Gasteiger partial charge in [-0.2, -0.15) is 0 Å². The molecule has 0 aromatic carbocycles. The van der Waals surface area contributed by atoms with Crippen molar-refractivity contribution in [2.24, 2.45) is 5.92 Å². The topological polar surface area (TPSA) is 47.0 Å². The van der Waals surface area contributed by atoms with E-state index in [0.717, 1.165) is 18.3 Å². The molecule has 0 aliphatic heterocycles. The monoisotopic (exact) mass is 269 g/mol. The molecule has 1 aliphatic rings. The maximum atomic E-state index is 5.95. The van der Waals surface area contributed by atoms with Gasteiger partial charge in [0, 0.05) is 19.7 Å². The molecule has 100 valence electrons. The number of anilines is 1. The van der Waals surface area contributed by atoms with Gasteiger partial charge in [0.1, 0.15) is 17.6 Å². The molecule has 4 nitrogen and oxygen atoms in total. The summed E-state index contributed by atoms with van der Waals surface area (Å²) >= 11 is 5.95. The zero-order chi connectivity index (χ0) is 12.8. The summed E-state index contributed by atoms with van der Waals surface area (Å²) in [6.45, 7) is 1.34. The van der Waals surface area contributed by atoms with Crippen molar-refractivity contribution < 1.29 is 4.74 Å². The van der Waals surface area contributed by atoms with Gasteiger partial charge in [-0.1, -0.05) is 37.3 Å². The normalized spacial score (nSPS) is 16.1. The summed E-state index contributed by atoms with van der Waals surface area (Å²) in [4.78, 5) is 8.45. The fourth-order valence-electron chi connectivity index (χ4n) is 2.45. The van der Waals surface area contributed by atoms with E-state index in [2.05, 4.69) is 15.3 Å². The SMILES string of the molecule is COCc1nc(Cl)cc(NCCC2CCCC2)n1. The Balaban J connectivity index is 1.83. The number of ether oxygens (including phenoxy) is 1. The van der Waals surface area contributed by atoms with E-state index in [1.165, 1.54) is 32.1 Å². The van der Waals surface area contributed by atoms with Gasteiger partial charge in [0.2, 0.25) is 0 Å². The van der Waals surface area contributed by atoms with Gasteiger partial charge in [-0.05, 0) is 12.3 Å². The van der Waals surface area contributed by atoms with E-state index < -0.39 is 0 Å². The largest absolute Gasteiger partial charge is 0.377 e. The Bertz CT molecular complexity index is 380. The number of aromatic nitrogens is 2. The number of nitrogens with one attached hydrogen (secondary N) is 1. The summed E-state index contributed by atoms with van der Waals surface area (Å²) < 4.78 is 5.01. The molecule has 2 rings (SSSR count). The average molecular weight is 270 g/mol. The van der Waals surface area contributed by atoms with Crippen molar-refractivity contribution in [1.82, 2.24) is 9.97 Å². The lowest BCUT2D eigenvalue weighted by Crippen LogP contribution is -2.09. The summed E-state index contributed by atoms with van der Waals surface area (Å²) in [5.41, 5.74) is 0. The molecule has 0 atom stereocenters. The molecule has 0 radical (unpaired) electrons. The van der Waals surface area contributed by atoms with Crippen molar-refractivity contribution in [1.29, 1.82) is 0 Å². The van der Waals surface area contributed by atoms with Crippen LogP contribution in [0.25, 0.3) is 0 Å². The predicted molar refractivity (Wildman–Crippen MR) is 72.8 cm³/mol. The molecule has 0 amide bonds. The second-order valence-corrected chi connectivity index (χ2v) is 5.18. The molecule has 1 aliphatic carbocycles. The Morgan fingerprint density at radius 3 is 2.89 bits per heavy atom. The smallest absolute Gasteiger partial charge is 0.158 e. The lowest BCUT2D eigenvalue weighted by molar-refractivity contribution is 0.178. The molecular formula is C13H20ClN3O. The van der Waals surface area contributed by atoms with Crippen LogP contribution in [0.15, 0.2) is 6.07 Å². The third-order valence-electron chi connectivity index (χ3n) is 3.35. The Kier molecular flexibility index (Phi) is 5.20. The van der Waals surface area contributed by atoms with Crippen LogP contribution in [-0.2, 0) is 11.3 Å². The van der Waals surface area contributed by atoms with Gasteiger partial charge in [0.05, 0.1) is 0 Å². The highest BCUT2D eigenvalue weighted by molar-refractivity contribution is 6.29. The van der Waals surface area contributed by atoms with Crippen LogP contribution in [0.2, 0.25) is 5.15 Å². The molecule has 1 fully saturated rings. The van der Waals surface area contributed by atoms with Crippen molar-refractivity contribution >= 4 is 17.4 Å². The Labute approximate surface area is 113 Å². The zero-order valence-electron chi connectivity index (χ0n) is 10.8. The van der Waals surface area contributed by atoms with Gasteiger partial charge in [0.15, 0.2) is 5.82 Å². The molecule has 0 saturated heterocycles. The van der Waals surface area contributed by atoms with E-state index in [1.807, 2.05) is 0 Å². The highest BCUT2D eigenvalue weighted by Gasteiger charge is 2.14. The van der Waals surface area contributed by atoms with Gasteiger partial charge >= 0.3 is 0 Å². The maximum Gasteiger partial charge on any atom is 0.158 e. The molecule has 1 heterocycles. The molecule has 1 saturated carbocycles. The Hall–Kier alpha value is -0.870. The second-order valence-electron chi connectivity index (χ2n) is 4.79. The number of halogens is 1. The van der Waals surface area contributed by atoms with E-state index in [1.54, 1.807) is 13.2 Å². The molecule has 0 bridgehead atoms. The minimum Gasteiger partial charge on any atom is -0.377 e. The molecule has 5 heteroatoms. The molecule has 1 aromatic rings. The van der Waals surface area contributed by atoms with E-state index in [4.69, 9.17) is 16.3 Å². The van der Waals surface area contributed by atoms with Crippen molar-refractivity contribution in [3.63, 3.8) is 0 Å². The maximum absolute atomic E-state index is 5.95. The predicted octanol–water partition coefficient (Wildman–Crippen LogP) is 3.27. The highest BCUT2D eigenvalue weighted by atomic mass is 35.5. The standard InChI is InChI=1S/C13H20ClN3O/c1-18-9-13-16-11(14)8-12(17-13)15-7-6-10-4-2-3-5-10/h8,10H,2-7,9H2,1H3,(H,15,16,17). The molecule has 0 spiro atoms. The first-order valence-electron chi connectivity index (χ1n) is 6.54. The van der Waals surface area contributed by atoms with E-state index >= 15 is 0 Å². The minimum absolute atomic E-state index is 0.387. The first-order chi connectivity index (χ1) is 8.78. The Morgan fingerprint density at radius 2 is 2.17 bits per heavy atom. The van der Waals surface area contributed by atoms with Gasteiger partial charge in [-0.15, -0.1) is 0 Å². The summed E-state index contributed by atoms with van der Waals surface area (Å²) in [5.74, 6) is 2.29. The fourth-order valence-corrected chi connectivity index (χ4v) is 2.65. The second kappa shape index (κ2) is 6.90. The molecule has 1 aromatic heterocycles. The lowest BCUT2D eigenvalue weighted by atomic mass is 10.0. The summed E-state index contributed by atoms with van der Waals surface area (Å²) in [7, 11) is 1.62. The molecular weight excluding hydrogens is 250 g/mol. The van der Waals surface area contributed by atoms with Crippen molar-refractivity contribution in [2.45, 2.75) is 38.7 Å². The summed E-state index contributed by atoms with van der Waals surface area (Å²) in [6, 6.07) is 1.76. The highest BCUT2D eigenvalue weighted by Crippen LogP contribution is 2.27. The van der Waals surface area contributed by atoms with Crippen LogP contribution in [0.3, 0.4) is 0 Å². The van der Waals surface area contributed by atoms with Crippen LogP contribution >= 0.6 is 11.6 Å². The summed E-state index contributed by atoms with van der Waals surface area (Å²) in [6.07, 6.45) is 6.74. The summed E-state index contributed by atoms with van der Waals surface area (Å²) in [5, 5.41) is 3.78. The van der Waals surface area contributed by atoms with Gasteiger partial charge < -0.3 is 10.1 Å². The quantitative estimate of drug-likeness (QED) is 0.805. The third kappa shape index (κ3) is 4.10. The number of hydrogen-bond acceptors (Lipinski definition) is 4. The average Bonchev–Trinajstić information content (AvgIpc) is 2.82. The van der Waals surface area contributed by atoms with Gasteiger partial charge in [-0.25, -0.2) is 9.97 Å². The van der Waals surface area contributed by atoms with Crippen LogP contribution in [0.4, 0.5) is 5.82 Å². The number of rotatable bonds is 6. The Morgan fingerprint density at radius 1 is 1.39 bits per heavy atom. The number of nitrogens with zero attached hydrogens (tertiary/aromatic N) is 2. The van der Waals surface area contributed by atoms with Crippen LogP contribution in [0.1, 0.15) is 37.9 Å². The van der Waals surface area contributed by atoms with Crippen molar-refractivity contribution in [3.05, 3.63) is 17.0 Å². The number of hydrogen-bond donors (Lipinski definition) is 1. The number of methoxy groups -OCH3 is 1. The van der Waals surface area contributed by atoms with Gasteiger partial charge in [-0.3, -0.25) is 0 Å².